The Morgan fingerprint density at radius 2 is 1.83 bits per heavy atom. The fourth-order valence-electron chi connectivity index (χ4n) is 1.84. The van der Waals surface area contributed by atoms with Gasteiger partial charge in [0.1, 0.15) is 0 Å². The molecule has 0 amide bonds. The van der Waals surface area contributed by atoms with Crippen molar-refractivity contribution < 1.29 is 13.2 Å². The van der Waals surface area contributed by atoms with Crippen molar-refractivity contribution in [1.29, 1.82) is 0 Å². The van der Waals surface area contributed by atoms with Crippen LogP contribution in [0.4, 0.5) is 13.2 Å². The van der Waals surface area contributed by atoms with E-state index in [9.17, 15) is 13.2 Å². The van der Waals surface area contributed by atoms with Gasteiger partial charge in [-0.05, 0) is 12.1 Å². The molecule has 0 N–H and O–H groups in total. The fourth-order valence-corrected chi connectivity index (χ4v) is 2.42. The Labute approximate surface area is 114 Å². The standard InChI is InChI=1S/C13H17BrF3N/c1-2-18(10-13(15,16)17)9-12(8-14)11-6-4-3-5-7-11/h3-7,12H,2,8-10H2,1H3. The van der Waals surface area contributed by atoms with E-state index in [1.54, 1.807) is 6.92 Å². The predicted molar refractivity (Wildman–Crippen MR) is 71.1 cm³/mol. The zero-order valence-electron chi connectivity index (χ0n) is 10.3. The third kappa shape index (κ3) is 5.40. The Bertz CT molecular complexity index is 340. The molecule has 0 radical (unpaired) electrons. The van der Waals surface area contributed by atoms with Crippen molar-refractivity contribution in [1.82, 2.24) is 4.90 Å². The number of hydrogen-bond donors (Lipinski definition) is 0. The van der Waals surface area contributed by atoms with Crippen molar-refractivity contribution in [2.75, 3.05) is 25.0 Å². The molecule has 1 aromatic carbocycles. The van der Waals surface area contributed by atoms with Crippen LogP contribution in [0, 0.1) is 0 Å². The van der Waals surface area contributed by atoms with Crippen molar-refractivity contribution in [2.24, 2.45) is 0 Å². The number of nitrogens with zero attached hydrogens (tertiary/aromatic N) is 1. The van der Waals surface area contributed by atoms with Crippen molar-refractivity contribution in [3.05, 3.63) is 35.9 Å². The third-order valence-corrected chi connectivity index (χ3v) is 3.57. The minimum Gasteiger partial charge on any atom is -0.295 e. The largest absolute Gasteiger partial charge is 0.401 e. The second-order valence-electron chi connectivity index (χ2n) is 4.20. The lowest BCUT2D eigenvalue weighted by molar-refractivity contribution is -0.145. The van der Waals surface area contributed by atoms with Crippen LogP contribution in [0.5, 0.6) is 0 Å². The van der Waals surface area contributed by atoms with Crippen molar-refractivity contribution >= 4 is 15.9 Å². The van der Waals surface area contributed by atoms with Gasteiger partial charge >= 0.3 is 6.18 Å². The van der Waals surface area contributed by atoms with Crippen LogP contribution in [-0.2, 0) is 0 Å². The van der Waals surface area contributed by atoms with Gasteiger partial charge in [0, 0.05) is 17.8 Å². The molecule has 1 unspecified atom stereocenters. The quantitative estimate of drug-likeness (QED) is 0.714. The van der Waals surface area contributed by atoms with Gasteiger partial charge in [-0.1, -0.05) is 53.2 Å². The fraction of sp³-hybridized carbons (Fsp3) is 0.538. The molecule has 0 aliphatic rings. The first-order chi connectivity index (χ1) is 8.46. The molecule has 1 rings (SSSR count). The first kappa shape index (κ1) is 15.5. The molecule has 102 valence electrons. The number of benzene rings is 1. The lowest BCUT2D eigenvalue weighted by atomic mass is 10.0. The Hall–Kier alpha value is -0.550. The van der Waals surface area contributed by atoms with Crippen LogP contribution >= 0.6 is 15.9 Å². The maximum absolute atomic E-state index is 12.4. The normalized spacial score (nSPS) is 13.9. The summed E-state index contributed by atoms with van der Waals surface area (Å²) in [7, 11) is 0. The lowest BCUT2D eigenvalue weighted by Crippen LogP contribution is -2.37. The minimum absolute atomic E-state index is 0.0773. The first-order valence-electron chi connectivity index (χ1n) is 5.86. The molecule has 0 spiro atoms. The van der Waals surface area contributed by atoms with Gasteiger partial charge in [-0.2, -0.15) is 13.2 Å². The van der Waals surface area contributed by atoms with Crippen LogP contribution < -0.4 is 0 Å². The molecule has 0 aliphatic heterocycles. The average molecular weight is 324 g/mol. The highest BCUT2D eigenvalue weighted by atomic mass is 79.9. The van der Waals surface area contributed by atoms with E-state index >= 15 is 0 Å². The molecule has 1 aromatic rings. The molecule has 18 heavy (non-hydrogen) atoms. The molecule has 0 bridgehead atoms. The molecule has 0 aromatic heterocycles. The Morgan fingerprint density at radius 3 is 2.28 bits per heavy atom. The number of rotatable bonds is 6. The molecule has 5 heteroatoms. The van der Waals surface area contributed by atoms with Gasteiger partial charge in [-0.15, -0.1) is 0 Å². The zero-order chi connectivity index (χ0) is 13.6. The summed E-state index contributed by atoms with van der Waals surface area (Å²) in [5, 5.41) is 0.658. The van der Waals surface area contributed by atoms with E-state index in [2.05, 4.69) is 15.9 Å². The van der Waals surface area contributed by atoms with E-state index in [0.717, 1.165) is 5.56 Å². The Kier molecular flexibility index (Phi) is 6.15. The molecule has 1 atom stereocenters. The third-order valence-electron chi connectivity index (χ3n) is 2.79. The van der Waals surface area contributed by atoms with E-state index in [0.29, 0.717) is 18.4 Å². The highest BCUT2D eigenvalue weighted by Crippen LogP contribution is 2.22. The van der Waals surface area contributed by atoms with E-state index < -0.39 is 12.7 Å². The molecule has 0 fully saturated rings. The van der Waals surface area contributed by atoms with E-state index in [1.807, 2.05) is 30.3 Å². The molecule has 0 saturated carbocycles. The highest BCUT2D eigenvalue weighted by molar-refractivity contribution is 9.09. The minimum atomic E-state index is -4.14. The molecular formula is C13H17BrF3N. The van der Waals surface area contributed by atoms with E-state index in [1.165, 1.54) is 4.90 Å². The monoisotopic (exact) mass is 323 g/mol. The van der Waals surface area contributed by atoms with Gasteiger partial charge in [0.2, 0.25) is 0 Å². The molecular weight excluding hydrogens is 307 g/mol. The maximum Gasteiger partial charge on any atom is 0.401 e. The first-order valence-corrected chi connectivity index (χ1v) is 6.98. The topological polar surface area (TPSA) is 3.24 Å². The summed E-state index contributed by atoms with van der Waals surface area (Å²) in [6.45, 7) is 1.71. The summed E-state index contributed by atoms with van der Waals surface area (Å²) < 4.78 is 37.2. The number of hydrogen-bond acceptors (Lipinski definition) is 1. The van der Waals surface area contributed by atoms with Gasteiger partial charge < -0.3 is 0 Å². The van der Waals surface area contributed by atoms with Crippen molar-refractivity contribution in [3.63, 3.8) is 0 Å². The second-order valence-corrected chi connectivity index (χ2v) is 4.85. The van der Waals surface area contributed by atoms with Crippen molar-refractivity contribution in [2.45, 2.75) is 19.0 Å². The van der Waals surface area contributed by atoms with Gasteiger partial charge in [0.25, 0.3) is 0 Å². The maximum atomic E-state index is 12.4. The van der Waals surface area contributed by atoms with E-state index in [-0.39, 0.29) is 5.92 Å². The number of likely N-dealkylation sites (N-methyl/N-ethyl adjacent to an activating group) is 1. The number of halogens is 4. The van der Waals surface area contributed by atoms with Crippen LogP contribution in [0.1, 0.15) is 18.4 Å². The molecule has 0 heterocycles. The Morgan fingerprint density at radius 1 is 1.22 bits per heavy atom. The van der Waals surface area contributed by atoms with Gasteiger partial charge in [-0.25, -0.2) is 0 Å². The Balaban J connectivity index is 2.67. The second kappa shape index (κ2) is 7.14. The summed E-state index contributed by atoms with van der Waals surface area (Å²) in [6, 6.07) is 9.62. The van der Waals surface area contributed by atoms with Gasteiger partial charge in [-0.3, -0.25) is 4.90 Å². The van der Waals surface area contributed by atoms with Gasteiger partial charge in [0.05, 0.1) is 6.54 Å². The van der Waals surface area contributed by atoms with Crippen LogP contribution in [0.3, 0.4) is 0 Å². The number of alkyl halides is 4. The summed E-state index contributed by atoms with van der Waals surface area (Å²) in [5.41, 5.74) is 1.06. The molecule has 1 nitrogen and oxygen atoms in total. The van der Waals surface area contributed by atoms with Crippen LogP contribution in [-0.4, -0.2) is 36.0 Å². The predicted octanol–water partition coefficient (Wildman–Crippen LogP) is 4.05. The molecule has 0 saturated heterocycles. The highest BCUT2D eigenvalue weighted by Gasteiger charge is 2.31. The van der Waals surface area contributed by atoms with Crippen LogP contribution in [0.2, 0.25) is 0 Å². The van der Waals surface area contributed by atoms with E-state index in [4.69, 9.17) is 0 Å². The van der Waals surface area contributed by atoms with Crippen LogP contribution in [0.25, 0.3) is 0 Å². The lowest BCUT2D eigenvalue weighted by Gasteiger charge is -2.26. The zero-order valence-corrected chi connectivity index (χ0v) is 11.8. The smallest absolute Gasteiger partial charge is 0.295 e. The SMILES string of the molecule is CCN(CC(CBr)c1ccccc1)CC(F)(F)F. The summed E-state index contributed by atoms with van der Waals surface area (Å²) >= 11 is 3.38. The average Bonchev–Trinajstić information content (AvgIpc) is 2.34. The molecule has 0 aliphatic carbocycles. The van der Waals surface area contributed by atoms with Crippen molar-refractivity contribution in [3.8, 4) is 0 Å². The summed E-state index contributed by atoms with van der Waals surface area (Å²) in [6.07, 6.45) is -4.14. The summed E-state index contributed by atoms with van der Waals surface area (Å²) in [4.78, 5) is 1.43. The summed E-state index contributed by atoms with van der Waals surface area (Å²) in [5.74, 6) is 0.0773. The van der Waals surface area contributed by atoms with Crippen LogP contribution in [0.15, 0.2) is 30.3 Å². The van der Waals surface area contributed by atoms with Gasteiger partial charge in [0.15, 0.2) is 0 Å².